The van der Waals surface area contributed by atoms with Crippen LogP contribution in [0.1, 0.15) is 24.4 Å². The summed E-state index contributed by atoms with van der Waals surface area (Å²) < 4.78 is 6.18. The molecule has 1 rings (SSSR count). The topological polar surface area (TPSA) is 21.3 Å². The third-order valence-corrected chi connectivity index (χ3v) is 2.99. The summed E-state index contributed by atoms with van der Waals surface area (Å²) in [6, 6.07) is 8.88. The first-order valence-electron chi connectivity index (χ1n) is 5.19. The highest BCUT2D eigenvalue weighted by molar-refractivity contribution is 9.10. The average molecular weight is 272 g/mol. The van der Waals surface area contributed by atoms with Crippen LogP contribution in [0.15, 0.2) is 28.7 Å². The van der Waals surface area contributed by atoms with Crippen molar-refractivity contribution in [2.75, 3.05) is 20.8 Å². The van der Waals surface area contributed by atoms with Gasteiger partial charge in [0.2, 0.25) is 0 Å². The van der Waals surface area contributed by atoms with Crippen LogP contribution in [0.2, 0.25) is 0 Å². The molecule has 0 aliphatic heterocycles. The summed E-state index contributed by atoms with van der Waals surface area (Å²) in [4.78, 5) is 0. The molecule has 0 heterocycles. The van der Waals surface area contributed by atoms with Gasteiger partial charge in [0.15, 0.2) is 0 Å². The molecule has 0 radical (unpaired) electrons. The van der Waals surface area contributed by atoms with E-state index in [0.29, 0.717) is 6.04 Å². The fourth-order valence-electron chi connectivity index (χ4n) is 1.60. The molecule has 0 fully saturated rings. The average Bonchev–Trinajstić information content (AvgIpc) is 2.26. The number of benzene rings is 1. The first-order chi connectivity index (χ1) is 7.27. The maximum atomic E-state index is 5.06. The van der Waals surface area contributed by atoms with Crippen molar-refractivity contribution in [3.8, 4) is 0 Å². The highest BCUT2D eigenvalue weighted by atomic mass is 79.9. The Morgan fingerprint density at radius 1 is 1.33 bits per heavy atom. The minimum Gasteiger partial charge on any atom is -0.385 e. The smallest absolute Gasteiger partial charge is 0.0462 e. The van der Waals surface area contributed by atoms with Crippen LogP contribution in [0.4, 0.5) is 0 Å². The molecule has 0 aromatic heterocycles. The second kappa shape index (κ2) is 6.99. The van der Waals surface area contributed by atoms with E-state index < -0.39 is 0 Å². The first-order valence-corrected chi connectivity index (χ1v) is 5.99. The molecule has 1 atom stereocenters. The van der Waals surface area contributed by atoms with E-state index in [-0.39, 0.29) is 0 Å². The zero-order valence-electron chi connectivity index (χ0n) is 9.29. The van der Waals surface area contributed by atoms with E-state index in [1.807, 2.05) is 7.05 Å². The lowest BCUT2D eigenvalue weighted by atomic mass is 10.0. The molecule has 1 aromatic carbocycles. The third kappa shape index (κ3) is 4.33. The molecule has 3 heteroatoms. The van der Waals surface area contributed by atoms with Crippen LogP contribution in [0.5, 0.6) is 0 Å². The van der Waals surface area contributed by atoms with Crippen molar-refractivity contribution in [3.63, 3.8) is 0 Å². The van der Waals surface area contributed by atoms with Crippen molar-refractivity contribution in [2.45, 2.75) is 18.9 Å². The molecule has 0 aliphatic carbocycles. The van der Waals surface area contributed by atoms with Gasteiger partial charge in [-0.25, -0.2) is 0 Å². The molecule has 0 saturated heterocycles. The van der Waals surface area contributed by atoms with E-state index in [2.05, 4.69) is 45.5 Å². The summed E-state index contributed by atoms with van der Waals surface area (Å²) in [6.45, 7) is 0.828. The van der Waals surface area contributed by atoms with Crippen LogP contribution in [-0.2, 0) is 4.74 Å². The predicted octanol–water partition coefficient (Wildman–Crippen LogP) is 3.14. The molecular formula is C12H18BrNO. The van der Waals surface area contributed by atoms with Crippen molar-refractivity contribution in [2.24, 2.45) is 0 Å². The van der Waals surface area contributed by atoms with Crippen LogP contribution in [0.3, 0.4) is 0 Å². The van der Waals surface area contributed by atoms with Gasteiger partial charge in [-0.15, -0.1) is 0 Å². The molecule has 0 bridgehead atoms. The maximum Gasteiger partial charge on any atom is 0.0462 e. The quantitative estimate of drug-likeness (QED) is 0.803. The molecule has 2 nitrogen and oxygen atoms in total. The monoisotopic (exact) mass is 271 g/mol. The summed E-state index contributed by atoms with van der Waals surface area (Å²) in [5, 5.41) is 3.33. The van der Waals surface area contributed by atoms with Gasteiger partial charge < -0.3 is 10.1 Å². The maximum absolute atomic E-state index is 5.06. The van der Waals surface area contributed by atoms with E-state index in [1.54, 1.807) is 7.11 Å². The number of methoxy groups -OCH3 is 1. The molecule has 0 spiro atoms. The summed E-state index contributed by atoms with van der Waals surface area (Å²) in [7, 11) is 3.74. The molecular weight excluding hydrogens is 254 g/mol. The first kappa shape index (κ1) is 12.7. The second-order valence-electron chi connectivity index (χ2n) is 3.53. The Hall–Kier alpha value is -0.380. The number of rotatable bonds is 6. The molecule has 0 amide bonds. The Morgan fingerprint density at radius 3 is 2.53 bits per heavy atom. The zero-order chi connectivity index (χ0) is 11.1. The minimum atomic E-state index is 0.424. The Kier molecular flexibility index (Phi) is 5.91. The predicted molar refractivity (Wildman–Crippen MR) is 67.1 cm³/mol. The Balaban J connectivity index is 2.53. The summed E-state index contributed by atoms with van der Waals surface area (Å²) >= 11 is 3.44. The Labute approximate surface area is 100 Å². The van der Waals surface area contributed by atoms with Gasteiger partial charge in [0.05, 0.1) is 0 Å². The van der Waals surface area contributed by atoms with Crippen molar-refractivity contribution >= 4 is 15.9 Å². The normalized spacial score (nSPS) is 12.7. The lowest BCUT2D eigenvalue weighted by molar-refractivity contribution is 0.189. The van der Waals surface area contributed by atoms with Crippen LogP contribution >= 0.6 is 15.9 Å². The second-order valence-corrected chi connectivity index (χ2v) is 4.44. The van der Waals surface area contributed by atoms with Gasteiger partial charge in [0, 0.05) is 24.2 Å². The fraction of sp³-hybridized carbons (Fsp3) is 0.500. The van der Waals surface area contributed by atoms with E-state index in [9.17, 15) is 0 Å². The zero-order valence-corrected chi connectivity index (χ0v) is 10.9. The van der Waals surface area contributed by atoms with Crippen LogP contribution in [0.25, 0.3) is 0 Å². The molecule has 15 heavy (non-hydrogen) atoms. The largest absolute Gasteiger partial charge is 0.385 e. The van der Waals surface area contributed by atoms with Gasteiger partial charge in [-0.2, -0.15) is 0 Å². The lowest BCUT2D eigenvalue weighted by Gasteiger charge is -2.16. The SMILES string of the molecule is CNC(CCCOC)c1ccc(Br)cc1. The number of hydrogen-bond acceptors (Lipinski definition) is 2. The number of ether oxygens (including phenoxy) is 1. The van der Waals surface area contributed by atoms with E-state index in [4.69, 9.17) is 4.74 Å². The van der Waals surface area contributed by atoms with Gasteiger partial charge in [-0.1, -0.05) is 28.1 Å². The molecule has 1 N–H and O–H groups in total. The fourth-order valence-corrected chi connectivity index (χ4v) is 1.87. The summed E-state index contributed by atoms with van der Waals surface area (Å²) in [6.07, 6.45) is 2.18. The van der Waals surface area contributed by atoms with Crippen LogP contribution < -0.4 is 5.32 Å². The van der Waals surface area contributed by atoms with Gasteiger partial charge in [0.25, 0.3) is 0 Å². The standard InChI is InChI=1S/C12H18BrNO/c1-14-12(4-3-9-15-2)10-5-7-11(13)8-6-10/h5-8,12,14H,3-4,9H2,1-2H3. The van der Waals surface area contributed by atoms with Crippen molar-refractivity contribution in [3.05, 3.63) is 34.3 Å². The van der Waals surface area contributed by atoms with E-state index >= 15 is 0 Å². The number of nitrogens with one attached hydrogen (secondary N) is 1. The molecule has 0 saturated carbocycles. The van der Waals surface area contributed by atoms with Crippen molar-refractivity contribution in [1.29, 1.82) is 0 Å². The van der Waals surface area contributed by atoms with Gasteiger partial charge >= 0.3 is 0 Å². The van der Waals surface area contributed by atoms with Crippen LogP contribution in [0, 0.1) is 0 Å². The molecule has 0 aliphatic rings. The molecule has 1 aromatic rings. The van der Waals surface area contributed by atoms with E-state index in [1.165, 1.54) is 5.56 Å². The van der Waals surface area contributed by atoms with Crippen molar-refractivity contribution in [1.82, 2.24) is 5.32 Å². The highest BCUT2D eigenvalue weighted by Gasteiger charge is 2.07. The minimum absolute atomic E-state index is 0.424. The summed E-state index contributed by atoms with van der Waals surface area (Å²) in [5.41, 5.74) is 1.33. The van der Waals surface area contributed by atoms with Gasteiger partial charge in [0.1, 0.15) is 0 Å². The Bertz CT molecular complexity index is 273. The number of hydrogen-bond donors (Lipinski definition) is 1. The number of halogens is 1. The summed E-state index contributed by atoms with van der Waals surface area (Å²) in [5.74, 6) is 0. The lowest BCUT2D eigenvalue weighted by Crippen LogP contribution is -2.16. The molecule has 1 unspecified atom stereocenters. The molecule has 84 valence electrons. The van der Waals surface area contributed by atoms with Crippen LogP contribution in [-0.4, -0.2) is 20.8 Å². The third-order valence-electron chi connectivity index (χ3n) is 2.46. The Morgan fingerprint density at radius 2 is 2.00 bits per heavy atom. The van der Waals surface area contributed by atoms with Gasteiger partial charge in [-0.05, 0) is 37.6 Å². The van der Waals surface area contributed by atoms with Gasteiger partial charge in [-0.3, -0.25) is 0 Å². The highest BCUT2D eigenvalue weighted by Crippen LogP contribution is 2.20. The van der Waals surface area contributed by atoms with E-state index in [0.717, 1.165) is 23.9 Å². The van der Waals surface area contributed by atoms with Crippen molar-refractivity contribution < 1.29 is 4.74 Å².